The molecule has 0 aliphatic carbocycles. The van der Waals surface area contributed by atoms with E-state index in [0.717, 1.165) is 0 Å². The Bertz CT molecular complexity index is 967. The van der Waals surface area contributed by atoms with Gasteiger partial charge in [-0.05, 0) is 0 Å². The van der Waals surface area contributed by atoms with Gasteiger partial charge in [0.2, 0.25) is 0 Å². The SMILES string of the molecule is CC(C)c1cc(C(C)C)c(C(N)C[N](CC(N)c2c(C(C)C)cc(C(C)C)cc2C(C)C)[Co]([Cl])[Cl])c(C(C)C)c1. The van der Waals surface area contributed by atoms with Gasteiger partial charge in [0.15, 0.2) is 0 Å². The summed E-state index contributed by atoms with van der Waals surface area (Å²) in [7, 11) is 13.4. The predicted octanol–water partition coefficient (Wildman–Crippen LogP) is 10.3. The zero-order valence-electron chi connectivity index (χ0n) is 27.0. The monoisotopic (exact) mass is 635 g/mol. The van der Waals surface area contributed by atoms with Gasteiger partial charge in [-0.1, -0.05) is 0 Å². The second-order valence-corrected chi connectivity index (χ2v) is 17.0. The normalized spacial score (nSPS) is 14.5. The molecule has 0 spiro atoms. The van der Waals surface area contributed by atoms with Gasteiger partial charge < -0.3 is 0 Å². The van der Waals surface area contributed by atoms with E-state index in [-0.39, 0.29) is 12.1 Å². The Morgan fingerprint density at radius 1 is 0.525 bits per heavy atom. The molecule has 3 nitrogen and oxygen atoms in total. The van der Waals surface area contributed by atoms with E-state index in [1.165, 1.54) is 44.5 Å². The van der Waals surface area contributed by atoms with Gasteiger partial charge in [-0.3, -0.25) is 0 Å². The molecule has 0 heterocycles. The van der Waals surface area contributed by atoms with E-state index in [0.29, 0.717) is 48.6 Å². The molecule has 4 N–H and O–H groups in total. The summed E-state index contributed by atoms with van der Waals surface area (Å²) in [6.07, 6.45) is 0. The minimum absolute atomic E-state index is 0.220. The van der Waals surface area contributed by atoms with Gasteiger partial charge in [0, 0.05) is 0 Å². The van der Waals surface area contributed by atoms with E-state index in [1.54, 1.807) is 0 Å². The number of benzene rings is 2. The molecule has 0 radical (unpaired) electrons. The Kier molecular flexibility index (Phi) is 13.6. The molecule has 0 fully saturated rings. The van der Waals surface area contributed by atoms with Crippen LogP contribution in [0, 0.1) is 0 Å². The van der Waals surface area contributed by atoms with Crippen LogP contribution in [0.15, 0.2) is 24.3 Å². The van der Waals surface area contributed by atoms with Crippen molar-refractivity contribution in [1.82, 2.24) is 3.95 Å². The summed E-state index contributed by atoms with van der Waals surface area (Å²) in [5.41, 5.74) is 24.7. The third-order valence-electron chi connectivity index (χ3n) is 8.03. The Hall–Kier alpha value is -0.594. The molecule has 0 aromatic heterocycles. The second-order valence-electron chi connectivity index (χ2n) is 13.3. The van der Waals surface area contributed by atoms with Gasteiger partial charge in [0.25, 0.3) is 0 Å². The second kappa shape index (κ2) is 15.2. The van der Waals surface area contributed by atoms with Gasteiger partial charge in [-0.2, -0.15) is 0 Å². The fraction of sp³-hybridized carbons (Fsp3) is 0.647. The summed E-state index contributed by atoms with van der Waals surface area (Å²) in [5, 5.41) is 0. The number of hydrogen-bond donors (Lipinski definition) is 2. The Balaban J connectivity index is 2.55. The standard InChI is InChI=1S/C34H56N3.2ClH.Co/c1-19(2)25-13-27(21(5)6)33(28(14-25)22(7)8)31(35)17-37-18-32(36)34-29(23(9)10)15-26(20(3)4)16-30(34)24(11)12;;;/h13-16,19-24,31-32H,17-18,35-36H2,1-12H3;2*1H;/q-1;;;+3/p-2. The van der Waals surface area contributed by atoms with E-state index < -0.39 is 12.1 Å². The molecule has 2 unspecified atom stereocenters. The zero-order chi connectivity index (χ0) is 30.6. The number of rotatable bonds is 13. The van der Waals surface area contributed by atoms with E-state index in [1.807, 2.05) is 0 Å². The molecule has 0 saturated carbocycles. The molecule has 6 heteroatoms. The fourth-order valence-corrected chi connectivity index (χ4v) is 7.09. The summed E-state index contributed by atoms with van der Waals surface area (Å²) in [6.45, 7) is 28.2. The van der Waals surface area contributed by atoms with Crippen molar-refractivity contribution in [3.05, 3.63) is 68.8 Å². The van der Waals surface area contributed by atoms with Crippen molar-refractivity contribution in [2.75, 3.05) is 13.1 Å². The summed E-state index contributed by atoms with van der Waals surface area (Å²) in [6, 6.07) is 8.99. The van der Waals surface area contributed by atoms with Crippen molar-refractivity contribution in [3.8, 4) is 0 Å². The molecular formula is C34H56Cl2CoN3. The molecule has 0 aliphatic heterocycles. The number of nitrogens with two attached hydrogens (primary N) is 2. The van der Waals surface area contributed by atoms with Crippen molar-refractivity contribution >= 4 is 20.3 Å². The summed E-state index contributed by atoms with van der Waals surface area (Å²) in [4.78, 5) is 0. The summed E-state index contributed by atoms with van der Waals surface area (Å²) in [5.74, 6) is 2.37. The van der Waals surface area contributed by atoms with Crippen LogP contribution >= 0.6 is 20.3 Å². The zero-order valence-corrected chi connectivity index (χ0v) is 29.6. The number of nitrogens with zero attached hydrogens (tertiary/aromatic N) is 1. The van der Waals surface area contributed by atoms with Gasteiger partial charge in [0.1, 0.15) is 0 Å². The van der Waals surface area contributed by atoms with Gasteiger partial charge >= 0.3 is 260 Å². The molecule has 0 bridgehead atoms. The average molecular weight is 637 g/mol. The molecule has 2 atom stereocenters. The fourth-order valence-electron chi connectivity index (χ4n) is 5.64. The van der Waals surface area contributed by atoms with Crippen LogP contribution in [0.4, 0.5) is 0 Å². The van der Waals surface area contributed by atoms with Crippen molar-refractivity contribution in [3.63, 3.8) is 0 Å². The summed E-state index contributed by atoms with van der Waals surface area (Å²) < 4.78 is 2.11. The van der Waals surface area contributed by atoms with Crippen LogP contribution in [0.25, 0.3) is 0 Å². The molecule has 0 saturated heterocycles. The number of hydrogen-bond acceptors (Lipinski definition) is 3. The Morgan fingerprint density at radius 2 is 0.775 bits per heavy atom. The molecule has 0 amide bonds. The topological polar surface area (TPSA) is 55.3 Å². The van der Waals surface area contributed by atoms with Crippen molar-refractivity contribution in [1.29, 1.82) is 0 Å². The maximum atomic E-state index is 7.07. The van der Waals surface area contributed by atoms with Gasteiger partial charge in [0.05, 0.1) is 0 Å². The molecule has 2 aromatic carbocycles. The van der Waals surface area contributed by atoms with Crippen LogP contribution < -0.4 is 11.5 Å². The van der Waals surface area contributed by atoms with Crippen LogP contribution in [-0.4, -0.2) is 17.0 Å². The first-order valence-electron chi connectivity index (χ1n) is 15.1. The van der Waals surface area contributed by atoms with Crippen LogP contribution in [0.5, 0.6) is 0 Å². The first-order chi connectivity index (χ1) is 18.5. The van der Waals surface area contributed by atoms with E-state index >= 15 is 0 Å². The maximum absolute atomic E-state index is 7.07. The molecule has 230 valence electrons. The van der Waals surface area contributed by atoms with Gasteiger partial charge in [-0.25, -0.2) is 0 Å². The van der Waals surface area contributed by atoms with Crippen molar-refractivity contribution in [2.45, 2.75) is 131 Å². The van der Waals surface area contributed by atoms with Crippen LogP contribution in [-0.2, 0) is 12.1 Å². The van der Waals surface area contributed by atoms with E-state index in [4.69, 9.17) is 31.8 Å². The van der Waals surface area contributed by atoms with Crippen LogP contribution in [0.3, 0.4) is 0 Å². The molecule has 40 heavy (non-hydrogen) atoms. The minimum atomic E-state index is -1.40. The first kappa shape index (κ1) is 35.6. The Morgan fingerprint density at radius 3 is 0.950 bits per heavy atom. The first-order valence-corrected chi connectivity index (χ1v) is 18.4. The predicted molar refractivity (Wildman–Crippen MR) is 175 cm³/mol. The van der Waals surface area contributed by atoms with Crippen molar-refractivity contribution in [2.24, 2.45) is 11.5 Å². The number of halogens is 2. The third kappa shape index (κ3) is 8.72. The molecule has 0 aliphatic rings. The average Bonchev–Trinajstić information content (AvgIpc) is 2.85. The summed E-state index contributed by atoms with van der Waals surface area (Å²) >= 11 is -1.40. The molecule has 2 aromatic rings. The van der Waals surface area contributed by atoms with Crippen molar-refractivity contribution < 1.29 is 12.1 Å². The molecular weight excluding hydrogens is 580 g/mol. The quantitative estimate of drug-likeness (QED) is 0.230. The molecule has 2 rings (SSSR count). The van der Waals surface area contributed by atoms with Crippen LogP contribution in [0.2, 0.25) is 0 Å². The van der Waals surface area contributed by atoms with Crippen LogP contribution in [0.1, 0.15) is 175 Å². The van der Waals surface area contributed by atoms with Gasteiger partial charge in [-0.15, -0.1) is 0 Å². The van der Waals surface area contributed by atoms with E-state index in [9.17, 15) is 0 Å². The Labute approximate surface area is 259 Å². The van der Waals surface area contributed by atoms with E-state index in [2.05, 4.69) is 111 Å². The third-order valence-corrected chi connectivity index (χ3v) is 10.2.